The fourth-order valence-electron chi connectivity index (χ4n) is 2.18. The Morgan fingerprint density at radius 2 is 2.17 bits per heavy atom. The van der Waals surface area contributed by atoms with Crippen molar-refractivity contribution in [2.24, 2.45) is 11.8 Å². The molecule has 72 valence electrons. The van der Waals surface area contributed by atoms with Gasteiger partial charge in [-0.15, -0.1) is 0 Å². The highest BCUT2D eigenvalue weighted by Crippen LogP contribution is 2.33. The van der Waals surface area contributed by atoms with Gasteiger partial charge in [-0.1, -0.05) is 49.0 Å². The van der Waals surface area contributed by atoms with E-state index < -0.39 is 0 Å². The lowest BCUT2D eigenvalue weighted by Gasteiger charge is -2.27. The summed E-state index contributed by atoms with van der Waals surface area (Å²) in [6, 6.07) is 0. The minimum absolute atomic E-state index is 0.820. The van der Waals surface area contributed by atoms with E-state index in [-0.39, 0.29) is 0 Å². The molecule has 0 bridgehead atoms. The van der Waals surface area contributed by atoms with Crippen LogP contribution in [0.15, 0.2) is 0 Å². The summed E-state index contributed by atoms with van der Waals surface area (Å²) < 4.78 is 0. The highest BCUT2D eigenvalue weighted by atomic mass is 79.9. The topological polar surface area (TPSA) is 0 Å². The summed E-state index contributed by atoms with van der Waals surface area (Å²) in [7, 11) is 0. The maximum Gasteiger partial charge on any atom is 0.0148 e. The first-order chi connectivity index (χ1) is 5.72. The van der Waals surface area contributed by atoms with E-state index >= 15 is 0 Å². The van der Waals surface area contributed by atoms with Gasteiger partial charge in [0.05, 0.1) is 0 Å². The third-order valence-corrected chi connectivity index (χ3v) is 3.98. The zero-order valence-corrected chi connectivity index (χ0v) is 9.94. The number of hydrogen-bond acceptors (Lipinski definition) is 0. The molecule has 12 heavy (non-hydrogen) atoms. The lowest BCUT2D eigenvalue weighted by molar-refractivity contribution is 0.300. The van der Waals surface area contributed by atoms with Crippen LogP contribution in [0.3, 0.4) is 0 Å². The third-order valence-electron chi connectivity index (χ3n) is 3.15. The van der Waals surface area contributed by atoms with Gasteiger partial charge in [-0.25, -0.2) is 0 Å². The van der Waals surface area contributed by atoms with E-state index in [4.69, 9.17) is 0 Å². The molecule has 0 aromatic carbocycles. The van der Waals surface area contributed by atoms with Gasteiger partial charge >= 0.3 is 0 Å². The van der Waals surface area contributed by atoms with Crippen molar-refractivity contribution in [3.63, 3.8) is 0 Å². The van der Waals surface area contributed by atoms with Gasteiger partial charge in [0, 0.05) is 4.83 Å². The van der Waals surface area contributed by atoms with Gasteiger partial charge in [0.25, 0.3) is 0 Å². The highest BCUT2D eigenvalue weighted by molar-refractivity contribution is 9.09. The van der Waals surface area contributed by atoms with E-state index in [0.717, 1.165) is 16.7 Å². The van der Waals surface area contributed by atoms with Crippen LogP contribution in [0.5, 0.6) is 0 Å². The molecule has 3 unspecified atom stereocenters. The van der Waals surface area contributed by atoms with Crippen LogP contribution in [0.25, 0.3) is 0 Å². The summed E-state index contributed by atoms with van der Waals surface area (Å²) in [6.45, 7) is 4.69. The Kier molecular flexibility index (Phi) is 4.63. The lowest BCUT2D eigenvalue weighted by Crippen LogP contribution is -2.17. The Balaban J connectivity index is 2.22. The molecule has 0 aromatic heterocycles. The molecule has 0 aromatic rings. The van der Waals surface area contributed by atoms with Crippen molar-refractivity contribution in [2.45, 2.75) is 57.2 Å². The molecule has 0 spiro atoms. The monoisotopic (exact) mass is 232 g/mol. The van der Waals surface area contributed by atoms with Crippen molar-refractivity contribution >= 4 is 15.9 Å². The van der Waals surface area contributed by atoms with Crippen LogP contribution >= 0.6 is 15.9 Å². The maximum absolute atomic E-state index is 3.74. The van der Waals surface area contributed by atoms with E-state index in [0.29, 0.717) is 0 Å². The normalized spacial score (nSPS) is 33.2. The fraction of sp³-hybridized carbons (Fsp3) is 1.00. The predicted molar refractivity (Wildman–Crippen MR) is 58.7 cm³/mol. The number of alkyl halides is 1. The number of rotatable bonds is 3. The van der Waals surface area contributed by atoms with Crippen molar-refractivity contribution in [3.05, 3.63) is 0 Å². The SMILES string of the molecule is CCC(C)CC1CCCC(Br)C1. The Hall–Kier alpha value is 0.480. The molecule has 1 heteroatoms. The first kappa shape index (κ1) is 10.6. The van der Waals surface area contributed by atoms with Crippen LogP contribution in [0.1, 0.15) is 52.4 Å². The third kappa shape index (κ3) is 3.47. The average molecular weight is 233 g/mol. The molecule has 0 aliphatic heterocycles. The van der Waals surface area contributed by atoms with E-state index in [2.05, 4.69) is 29.8 Å². The van der Waals surface area contributed by atoms with E-state index in [1.807, 2.05) is 0 Å². The van der Waals surface area contributed by atoms with Crippen LogP contribution in [0.4, 0.5) is 0 Å². The minimum Gasteiger partial charge on any atom is -0.0891 e. The summed E-state index contributed by atoms with van der Waals surface area (Å²) in [5, 5.41) is 0. The van der Waals surface area contributed by atoms with Crippen LogP contribution in [-0.2, 0) is 0 Å². The molecule has 1 aliphatic rings. The second-order valence-electron chi connectivity index (χ2n) is 4.38. The zero-order chi connectivity index (χ0) is 8.97. The molecule has 1 aliphatic carbocycles. The van der Waals surface area contributed by atoms with Gasteiger partial charge in [-0.05, 0) is 31.1 Å². The van der Waals surface area contributed by atoms with Crippen LogP contribution < -0.4 is 0 Å². The molecule has 1 rings (SSSR count). The molecule has 3 atom stereocenters. The van der Waals surface area contributed by atoms with Crippen LogP contribution in [0, 0.1) is 11.8 Å². The van der Waals surface area contributed by atoms with Gasteiger partial charge in [0.15, 0.2) is 0 Å². The van der Waals surface area contributed by atoms with Gasteiger partial charge in [0.2, 0.25) is 0 Å². The summed E-state index contributed by atoms with van der Waals surface area (Å²) in [5.74, 6) is 1.95. The molecule has 0 saturated heterocycles. The lowest BCUT2D eigenvalue weighted by atomic mass is 9.82. The quantitative estimate of drug-likeness (QED) is 0.634. The van der Waals surface area contributed by atoms with Crippen molar-refractivity contribution in [1.82, 2.24) is 0 Å². The van der Waals surface area contributed by atoms with Gasteiger partial charge < -0.3 is 0 Å². The zero-order valence-electron chi connectivity index (χ0n) is 8.35. The minimum atomic E-state index is 0.820. The second-order valence-corrected chi connectivity index (χ2v) is 5.67. The predicted octanol–water partition coefficient (Wildman–Crippen LogP) is 4.38. The van der Waals surface area contributed by atoms with Gasteiger partial charge in [-0.3, -0.25) is 0 Å². The van der Waals surface area contributed by atoms with E-state index in [9.17, 15) is 0 Å². The maximum atomic E-state index is 3.74. The van der Waals surface area contributed by atoms with E-state index in [1.54, 1.807) is 0 Å². The molecule has 1 saturated carbocycles. The molecule has 0 heterocycles. The highest BCUT2D eigenvalue weighted by Gasteiger charge is 2.20. The molecule has 0 N–H and O–H groups in total. The summed E-state index contributed by atoms with van der Waals surface area (Å²) in [5.41, 5.74) is 0. The van der Waals surface area contributed by atoms with Gasteiger partial charge in [0.1, 0.15) is 0 Å². The smallest absolute Gasteiger partial charge is 0.0148 e. The first-order valence-electron chi connectivity index (χ1n) is 5.36. The summed E-state index contributed by atoms with van der Waals surface area (Å²) >= 11 is 3.74. The van der Waals surface area contributed by atoms with Crippen molar-refractivity contribution in [2.75, 3.05) is 0 Å². The standard InChI is InChI=1S/C11H21Br/c1-3-9(2)7-10-5-4-6-11(12)8-10/h9-11H,3-8H2,1-2H3. The average Bonchev–Trinajstić information content (AvgIpc) is 2.04. The molecular weight excluding hydrogens is 212 g/mol. The number of halogens is 1. The summed E-state index contributed by atoms with van der Waals surface area (Å²) in [6.07, 6.45) is 8.55. The Labute approximate surface area is 85.3 Å². The second kappa shape index (κ2) is 5.26. The Bertz CT molecular complexity index is 122. The largest absolute Gasteiger partial charge is 0.0891 e. The van der Waals surface area contributed by atoms with Crippen LogP contribution in [0.2, 0.25) is 0 Å². The van der Waals surface area contributed by atoms with E-state index in [1.165, 1.54) is 38.5 Å². The first-order valence-corrected chi connectivity index (χ1v) is 6.28. The fourth-order valence-corrected chi connectivity index (χ4v) is 3.03. The van der Waals surface area contributed by atoms with Crippen LogP contribution in [-0.4, -0.2) is 4.83 Å². The van der Waals surface area contributed by atoms with Crippen molar-refractivity contribution in [3.8, 4) is 0 Å². The number of hydrogen-bond donors (Lipinski definition) is 0. The van der Waals surface area contributed by atoms with Crippen molar-refractivity contribution < 1.29 is 0 Å². The Morgan fingerprint density at radius 3 is 2.75 bits per heavy atom. The molecule has 0 radical (unpaired) electrons. The molecule has 0 amide bonds. The molecular formula is C11H21Br. The van der Waals surface area contributed by atoms with Gasteiger partial charge in [-0.2, -0.15) is 0 Å². The van der Waals surface area contributed by atoms with Crippen molar-refractivity contribution in [1.29, 1.82) is 0 Å². The Morgan fingerprint density at radius 1 is 1.42 bits per heavy atom. The molecule has 0 nitrogen and oxygen atoms in total. The summed E-state index contributed by atoms with van der Waals surface area (Å²) in [4.78, 5) is 0.820. The molecule has 1 fully saturated rings.